The van der Waals surface area contributed by atoms with Crippen molar-refractivity contribution in [3.8, 4) is 0 Å². The summed E-state index contributed by atoms with van der Waals surface area (Å²) >= 11 is 6.08. The van der Waals surface area contributed by atoms with E-state index in [-0.39, 0.29) is 29.6 Å². The minimum atomic E-state index is -3.01. The number of alkyl halides is 2. The van der Waals surface area contributed by atoms with Crippen LogP contribution in [0.15, 0.2) is 6.33 Å². The molecule has 13 nitrogen and oxygen atoms in total. The third-order valence-electron chi connectivity index (χ3n) is 5.32. The summed E-state index contributed by atoms with van der Waals surface area (Å²) < 4.78 is 45.3. The average Bonchev–Trinajstić information content (AvgIpc) is 3.31. The molecule has 202 valence electrons. The molecule has 3 rings (SSSR count). The summed E-state index contributed by atoms with van der Waals surface area (Å²) in [6.45, 7) is 8.11. The number of fused-ring (bicyclic) bond motifs is 1. The number of esters is 1. The molecule has 0 aliphatic carbocycles. The third kappa shape index (κ3) is 6.06. The molecule has 1 fully saturated rings. The first-order chi connectivity index (χ1) is 16.9. The first kappa shape index (κ1) is 28.5. The highest BCUT2D eigenvalue weighted by Crippen LogP contribution is 2.42. The summed E-state index contributed by atoms with van der Waals surface area (Å²) in [6, 6.07) is -0.906. The maximum absolute atomic E-state index is 15.4. The number of rotatable bonds is 11. The number of hydrogen-bond acceptors (Lipinski definition) is 11. The zero-order valence-electron chi connectivity index (χ0n) is 20.6. The lowest BCUT2D eigenvalue weighted by Crippen LogP contribution is -2.47. The van der Waals surface area contributed by atoms with Crippen LogP contribution in [0.4, 0.5) is 16.2 Å². The van der Waals surface area contributed by atoms with E-state index in [9.17, 15) is 14.5 Å². The number of anilines is 2. The molecule has 3 heterocycles. The van der Waals surface area contributed by atoms with Gasteiger partial charge in [-0.2, -0.15) is 9.97 Å². The third-order valence-corrected chi connectivity index (χ3v) is 6.85. The molecular formula is C20H32ClFN7O6P. The lowest BCUT2D eigenvalue weighted by atomic mass is 9.99. The molecule has 2 aromatic rings. The van der Waals surface area contributed by atoms with E-state index in [0.717, 1.165) is 0 Å². The van der Waals surface area contributed by atoms with Gasteiger partial charge < -0.3 is 30.2 Å². The number of imidazole rings is 1. The number of nitrogens with zero attached hydrogens (tertiary/aromatic N) is 4. The fraction of sp³-hybridized carbons (Fsp3) is 0.700. The van der Waals surface area contributed by atoms with Crippen LogP contribution in [0.5, 0.6) is 0 Å². The lowest BCUT2D eigenvalue weighted by Gasteiger charge is -2.29. The van der Waals surface area contributed by atoms with Crippen molar-refractivity contribution in [2.45, 2.75) is 76.9 Å². The summed E-state index contributed by atoms with van der Waals surface area (Å²) in [5.74, 6) is -0.695. The Bertz CT molecular complexity index is 1110. The minimum absolute atomic E-state index is 0.0128. The Morgan fingerprint density at radius 2 is 2.08 bits per heavy atom. The van der Waals surface area contributed by atoms with Crippen LogP contribution in [0.25, 0.3) is 11.2 Å². The van der Waals surface area contributed by atoms with Gasteiger partial charge in [0.25, 0.3) is 8.18 Å². The number of carbonyl (C=O) groups excluding carboxylic acids is 1. The zero-order valence-corrected chi connectivity index (χ0v) is 22.3. The van der Waals surface area contributed by atoms with Crippen LogP contribution in [0.3, 0.4) is 0 Å². The van der Waals surface area contributed by atoms with Gasteiger partial charge in [-0.3, -0.25) is 13.9 Å². The van der Waals surface area contributed by atoms with E-state index in [2.05, 4.69) is 25.4 Å². The van der Waals surface area contributed by atoms with Crippen molar-refractivity contribution in [1.82, 2.24) is 24.6 Å². The van der Waals surface area contributed by atoms with Gasteiger partial charge in [-0.05, 0) is 34.6 Å². The van der Waals surface area contributed by atoms with Gasteiger partial charge in [0, 0.05) is 6.04 Å². The van der Waals surface area contributed by atoms with Crippen LogP contribution >= 0.6 is 19.8 Å². The van der Waals surface area contributed by atoms with Crippen molar-refractivity contribution in [3.63, 3.8) is 0 Å². The molecule has 6 atom stereocenters. The number of carbonyl (C=O) groups is 1. The summed E-state index contributed by atoms with van der Waals surface area (Å²) in [5.41, 5.74) is 4.61. The maximum atomic E-state index is 15.4. The van der Waals surface area contributed by atoms with Gasteiger partial charge >= 0.3 is 5.97 Å². The van der Waals surface area contributed by atoms with E-state index < -0.39 is 50.9 Å². The SMILES string of the molecule is CC(C)Nc1nc(N)nc2c1ncn2[C@@H]1O[C@](CCl)(CO[PH](=O)N[C@@H](C)C(=O)OC(C)C)[C@@H](O)[C@H]1F. The van der Waals surface area contributed by atoms with Crippen LogP contribution < -0.4 is 16.1 Å². The van der Waals surface area contributed by atoms with Gasteiger partial charge in [-0.15, -0.1) is 11.6 Å². The molecule has 1 aliphatic heterocycles. The van der Waals surface area contributed by atoms with Gasteiger partial charge in [-0.1, -0.05) is 0 Å². The van der Waals surface area contributed by atoms with Crippen LogP contribution in [-0.2, 0) is 23.4 Å². The first-order valence-corrected chi connectivity index (χ1v) is 13.2. The predicted molar refractivity (Wildman–Crippen MR) is 132 cm³/mol. The number of nitrogens with one attached hydrogen (secondary N) is 2. The molecule has 5 N–H and O–H groups in total. The minimum Gasteiger partial charge on any atom is -0.462 e. The second-order valence-electron chi connectivity index (χ2n) is 9.08. The van der Waals surface area contributed by atoms with Gasteiger partial charge in [0.2, 0.25) is 5.95 Å². The second kappa shape index (κ2) is 11.5. The Hall–Kier alpha value is -2.09. The summed E-state index contributed by atoms with van der Waals surface area (Å²) in [5, 5.41) is 16.3. The van der Waals surface area contributed by atoms with E-state index in [1.807, 2.05) is 13.8 Å². The molecular weight excluding hydrogens is 520 g/mol. The highest BCUT2D eigenvalue weighted by Gasteiger charge is 2.56. The van der Waals surface area contributed by atoms with Crippen molar-refractivity contribution in [2.24, 2.45) is 0 Å². The van der Waals surface area contributed by atoms with Crippen molar-refractivity contribution in [3.05, 3.63) is 6.33 Å². The van der Waals surface area contributed by atoms with E-state index in [1.54, 1.807) is 13.8 Å². The number of ether oxygens (including phenoxy) is 2. The molecule has 0 aromatic carbocycles. The monoisotopic (exact) mass is 551 g/mol. The fourth-order valence-electron chi connectivity index (χ4n) is 3.59. The Morgan fingerprint density at radius 3 is 2.69 bits per heavy atom. The Balaban J connectivity index is 1.78. The summed E-state index contributed by atoms with van der Waals surface area (Å²) in [7, 11) is -3.01. The zero-order chi connectivity index (χ0) is 26.8. The molecule has 1 aliphatic rings. The van der Waals surface area contributed by atoms with E-state index in [1.165, 1.54) is 17.8 Å². The Morgan fingerprint density at radius 1 is 1.39 bits per heavy atom. The molecule has 0 amide bonds. The molecule has 0 bridgehead atoms. The van der Waals surface area contributed by atoms with Crippen molar-refractivity contribution in [2.75, 3.05) is 23.5 Å². The van der Waals surface area contributed by atoms with Gasteiger partial charge in [0.1, 0.15) is 17.7 Å². The quantitative estimate of drug-likeness (QED) is 0.181. The molecule has 1 saturated heterocycles. The highest BCUT2D eigenvalue weighted by molar-refractivity contribution is 7.36. The van der Waals surface area contributed by atoms with Crippen LogP contribution in [0.2, 0.25) is 0 Å². The van der Waals surface area contributed by atoms with Crippen LogP contribution in [-0.4, -0.2) is 79.1 Å². The number of halogens is 2. The largest absolute Gasteiger partial charge is 0.462 e. The molecule has 0 saturated carbocycles. The second-order valence-corrected chi connectivity index (χ2v) is 10.5. The maximum Gasteiger partial charge on any atom is 0.323 e. The van der Waals surface area contributed by atoms with E-state index >= 15 is 4.39 Å². The number of nitrogens with two attached hydrogens (primary N) is 1. The molecule has 0 radical (unpaired) electrons. The van der Waals surface area contributed by atoms with Crippen LogP contribution in [0, 0.1) is 0 Å². The van der Waals surface area contributed by atoms with Crippen molar-refractivity contribution in [1.29, 1.82) is 0 Å². The molecule has 16 heteroatoms. The summed E-state index contributed by atoms with van der Waals surface area (Å²) in [6.07, 6.45) is -4.13. The first-order valence-electron chi connectivity index (χ1n) is 11.3. The topological polar surface area (TPSA) is 176 Å². The molecule has 2 aromatic heterocycles. The number of nitrogen functional groups attached to an aromatic ring is 1. The normalized spacial score (nSPS) is 26.0. The molecule has 36 heavy (non-hydrogen) atoms. The van der Waals surface area contributed by atoms with E-state index in [0.29, 0.717) is 11.3 Å². The van der Waals surface area contributed by atoms with Crippen molar-refractivity contribution >= 4 is 48.7 Å². The average molecular weight is 552 g/mol. The smallest absolute Gasteiger partial charge is 0.323 e. The number of hydrogen-bond donors (Lipinski definition) is 4. The summed E-state index contributed by atoms with van der Waals surface area (Å²) in [4.78, 5) is 24.5. The van der Waals surface area contributed by atoms with Crippen molar-refractivity contribution < 1.29 is 32.9 Å². The Labute approximate surface area is 213 Å². The van der Waals surface area contributed by atoms with Gasteiger partial charge in [0.05, 0.1) is 24.9 Å². The Kier molecular flexibility index (Phi) is 9.12. The van der Waals surface area contributed by atoms with Crippen LogP contribution in [0.1, 0.15) is 40.8 Å². The van der Waals surface area contributed by atoms with Gasteiger partial charge in [-0.25, -0.2) is 14.5 Å². The predicted octanol–water partition coefficient (Wildman–Crippen LogP) is 1.77. The number of aliphatic hydroxyl groups is 1. The lowest BCUT2D eigenvalue weighted by molar-refractivity contribution is -0.149. The van der Waals surface area contributed by atoms with E-state index in [4.69, 9.17) is 31.3 Å². The number of aromatic nitrogens is 4. The standard InChI is InChI=1S/C20H32ClFN7O6P/c1-9(2)25-15-13-16(27-19(23)26-15)29(8-24-13)17-12(22)14(30)20(6-21,35-17)7-33-36(32)28-11(5)18(31)34-10(3)4/h8-12,14,17,30,36H,6-7H2,1-5H3,(H,28,32)(H3,23,25,26,27)/t11-,12+,14-,17+,20+/m0/s1. The molecule has 1 unspecified atom stereocenters. The van der Waals surface area contributed by atoms with Gasteiger partial charge in [0.15, 0.2) is 29.4 Å². The highest BCUT2D eigenvalue weighted by atomic mass is 35.5. The number of aliphatic hydroxyl groups excluding tert-OH is 1. The fourth-order valence-corrected chi connectivity index (χ4v) is 4.82. The molecule has 0 spiro atoms.